The van der Waals surface area contributed by atoms with Crippen molar-refractivity contribution in [1.82, 2.24) is 19.9 Å². The van der Waals surface area contributed by atoms with Crippen LogP contribution < -0.4 is 5.32 Å². The molecule has 1 aliphatic carbocycles. The van der Waals surface area contributed by atoms with E-state index in [2.05, 4.69) is 10.3 Å². The Labute approximate surface area is 178 Å². The van der Waals surface area contributed by atoms with Crippen LogP contribution in [0.2, 0.25) is 5.15 Å². The molecule has 0 spiro atoms. The van der Waals surface area contributed by atoms with Crippen molar-refractivity contribution in [3.05, 3.63) is 64.8 Å². The van der Waals surface area contributed by atoms with E-state index in [-0.39, 0.29) is 17.6 Å². The van der Waals surface area contributed by atoms with Crippen molar-refractivity contribution in [3.63, 3.8) is 0 Å². The fourth-order valence-corrected chi connectivity index (χ4v) is 3.84. The molecule has 2 aliphatic rings. The number of amides is 1. The van der Waals surface area contributed by atoms with Crippen LogP contribution in [0.4, 0.5) is 15.9 Å². The first-order valence-corrected chi connectivity index (χ1v) is 10.3. The molecule has 30 heavy (non-hydrogen) atoms. The van der Waals surface area contributed by atoms with E-state index in [0.29, 0.717) is 42.0 Å². The van der Waals surface area contributed by atoms with Gasteiger partial charge >= 0.3 is 0 Å². The fraction of sp³-hybridized carbons (Fsp3) is 0.273. The van der Waals surface area contributed by atoms with E-state index in [0.717, 1.165) is 29.7 Å². The summed E-state index contributed by atoms with van der Waals surface area (Å²) in [6.45, 7) is 1.08. The Morgan fingerprint density at radius 2 is 2.07 bits per heavy atom. The molecule has 1 aromatic carbocycles. The predicted octanol–water partition coefficient (Wildman–Crippen LogP) is 4.37. The second-order valence-corrected chi connectivity index (χ2v) is 7.99. The second-order valence-electron chi connectivity index (χ2n) is 7.61. The zero-order valence-electron chi connectivity index (χ0n) is 16.1. The number of halogens is 2. The third-order valence-electron chi connectivity index (χ3n) is 5.37. The van der Waals surface area contributed by atoms with Crippen molar-refractivity contribution >= 4 is 29.0 Å². The molecule has 8 heteroatoms. The zero-order valence-corrected chi connectivity index (χ0v) is 16.9. The topological polar surface area (TPSA) is 71.0 Å². The lowest BCUT2D eigenvalue weighted by Crippen LogP contribution is -2.37. The van der Waals surface area contributed by atoms with E-state index < -0.39 is 0 Å². The molecule has 1 fully saturated rings. The van der Waals surface area contributed by atoms with Gasteiger partial charge in [0.2, 0.25) is 5.91 Å². The lowest BCUT2D eigenvalue weighted by atomic mass is 10.0. The number of hydrogen-bond donors (Lipinski definition) is 1. The Bertz CT molecular complexity index is 1130. The van der Waals surface area contributed by atoms with Crippen LogP contribution in [0.5, 0.6) is 0 Å². The van der Waals surface area contributed by atoms with Crippen molar-refractivity contribution in [2.75, 3.05) is 11.9 Å². The first-order valence-electron chi connectivity index (χ1n) is 9.90. The molecule has 152 valence electrons. The van der Waals surface area contributed by atoms with E-state index in [9.17, 15) is 9.18 Å². The van der Waals surface area contributed by atoms with Gasteiger partial charge < -0.3 is 10.2 Å². The number of fused-ring (bicyclic) bond motifs is 1. The number of rotatable bonds is 4. The van der Waals surface area contributed by atoms with Gasteiger partial charge in [0.1, 0.15) is 16.8 Å². The highest BCUT2D eigenvalue weighted by atomic mass is 35.5. The fourth-order valence-electron chi connectivity index (χ4n) is 3.67. The van der Waals surface area contributed by atoms with Crippen molar-refractivity contribution in [1.29, 1.82) is 0 Å². The summed E-state index contributed by atoms with van der Waals surface area (Å²) in [6.07, 6.45) is 4.18. The zero-order chi connectivity index (χ0) is 20.7. The van der Waals surface area contributed by atoms with Crippen LogP contribution in [0.1, 0.15) is 24.1 Å². The minimum absolute atomic E-state index is 0.158. The van der Waals surface area contributed by atoms with E-state index in [1.807, 2.05) is 4.90 Å². The molecule has 1 amide bonds. The Hall–Kier alpha value is -3.06. The number of anilines is 2. The Balaban J connectivity index is 1.56. The van der Waals surface area contributed by atoms with Crippen molar-refractivity contribution in [3.8, 4) is 11.4 Å². The number of pyridine rings is 1. The van der Waals surface area contributed by atoms with Crippen LogP contribution in [-0.4, -0.2) is 32.3 Å². The summed E-state index contributed by atoms with van der Waals surface area (Å²) in [7, 11) is 0. The molecule has 0 unspecified atom stereocenters. The largest absolute Gasteiger partial charge is 0.340 e. The Kier molecular flexibility index (Phi) is 4.83. The van der Waals surface area contributed by atoms with Crippen LogP contribution >= 0.6 is 11.6 Å². The van der Waals surface area contributed by atoms with Crippen molar-refractivity contribution in [2.45, 2.75) is 25.8 Å². The third-order valence-corrected chi connectivity index (χ3v) is 5.58. The van der Waals surface area contributed by atoms with Crippen LogP contribution in [-0.2, 0) is 17.8 Å². The van der Waals surface area contributed by atoms with Crippen molar-refractivity contribution < 1.29 is 9.18 Å². The van der Waals surface area contributed by atoms with E-state index in [1.165, 1.54) is 12.1 Å². The van der Waals surface area contributed by atoms with Gasteiger partial charge in [0.05, 0.1) is 12.2 Å². The molecule has 1 aliphatic heterocycles. The number of hydrogen-bond acceptors (Lipinski definition) is 5. The minimum atomic E-state index is -0.338. The standard InChI is InChI=1S/C22H19ClFN5O/c23-19-10-14(6-8-25-19)20-27-18-7-9-29(22(30)13-4-5-13)12-17(18)21(28-20)26-16-3-1-2-15(24)11-16/h1-3,6,8,10-11,13H,4-5,7,9,12H2,(H,26,27,28). The average Bonchev–Trinajstić information content (AvgIpc) is 3.58. The quantitative estimate of drug-likeness (QED) is 0.631. The van der Waals surface area contributed by atoms with E-state index in [4.69, 9.17) is 21.6 Å². The number of aromatic nitrogens is 3. The molecule has 2 aromatic heterocycles. The number of carbonyl (C=O) groups excluding carboxylic acids is 1. The molecule has 0 radical (unpaired) electrons. The first-order chi connectivity index (χ1) is 14.6. The average molecular weight is 424 g/mol. The van der Waals surface area contributed by atoms with Crippen molar-refractivity contribution in [2.24, 2.45) is 5.92 Å². The summed E-state index contributed by atoms with van der Waals surface area (Å²) in [5.74, 6) is 1.10. The number of nitrogens with one attached hydrogen (secondary N) is 1. The summed E-state index contributed by atoms with van der Waals surface area (Å²) < 4.78 is 13.7. The summed E-state index contributed by atoms with van der Waals surface area (Å²) in [5.41, 5.74) is 3.08. The van der Waals surface area contributed by atoms with Gasteiger partial charge in [-0.2, -0.15) is 0 Å². The molecule has 5 rings (SSSR count). The molecule has 3 heterocycles. The first kappa shape index (κ1) is 18.9. The number of nitrogens with zero attached hydrogens (tertiary/aromatic N) is 4. The van der Waals surface area contributed by atoms with Gasteiger partial charge in [-0.1, -0.05) is 17.7 Å². The highest BCUT2D eigenvalue weighted by Crippen LogP contribution is 2.35. The van der Waals surface area contributed by atoms with Crippen LogP contribution in [0, 0.1) is 11.7 Å². The summed E-state index contributed by atoms with van der Waals surface area (Å²) in [5, 5.41) is 3.58. The number of carbonyl (C=O) groups is 1. The van der Waals surface area contributed by atoms with E-state index >= 15 is 0 Å². The molecular formula is C22H19ClFN5O. The maximum Gasteiger partial charge on any atom is 0.225 e. The van der Waals surface area contributed by atoms with E-state index in [1.54, 1.807) is 30.5 Å². The van der Waals surface area contributed by atoms with Gasteiger partial charge in [0.25, 0.3) is 0 Å². The molecule has 0 saturated heterocycles. The SMILES string of the molecule is O=C(C1CC1)N1CCc2nc(-c3ccnc(Cl)c3)nc(Nc3cccc(F)c3)c2C1. The lowest BCUT2D eigenvalue weighted by Gasteiger charge is -2.30. The molecule has 0 atom stereocenters. The minimum Gasteiger partial charge on any atom is -0.340 e. The van der Waals surface area contributed by atoms with Gasteiger partial charge in [-0.25, -0.2) is 19.3 Å². The molecule has 1 saturated carbocycles. The molecule has 3 aromatic rings. The lowest BCUT2D eigenvalue weighted by molar-refractivity contribution is -0.133. The van der Waals surface area contributed by atoms with Gasteiger partial charge in [-0.3, -0.25) is 4.79 Å². The maximum absolute atomic E-state index is 13.7. The molecular weight excluding hydrogens is 405 g/mol. The highest BCUT2D eigenvalue weighted by Gasteiger charge is 2.35. The van der Waals surface area contributed by atoms with Gasteiger partial charge in [0, 0.05) is 41.9 Å². The van der Waals surface area contributed by atoms with Gasteiger partial charge in [-0.05, 0) is 43.2 Å². The molecule has 6 nitrogen and oxygen atoms in total. The highest BCUT2D eigenvalue weighted by molar-refractivity contribution is 6.29. The maximum atomic E-state index is 13.7. The monoisotopic (exact) mass is 423 g/mol. The molecule has 0 bridgehead atoms. The Morgan fingerprint density at radius 3 is 2.83 bits per heavy atom. The van der Waals surface area contributed by atoms with Crippen LogP contribution in [0.3, 0.4) is 0 Å². The summed E-state index contributed by atoms with van der Waals surface area (Å²) in [4.78, 5) is 28.0. The Morgan fingerprint density at radius 1 is 1.20 bits per heavy atom. The smallest absolute Gasteiger partial charge is 0.225 e. The van der Waals surface area contributed by atoms with Crippen LogP contribution in [0.15, 0.2) is 42.6 Å². The summed E-state index contributed by atoms with van der Waals surface area (Å²) in [6, 6.07) is 9.72. The predicted molar refractivity (Wildman–Crippen MR) is 112 cm³/mol. The number of benzene rings is 1. The third kappa shape index (κ3) is 3.85. The summed E-state index contributed by atoms with van der Waals surface area (Å²) >= 11 is 6.05. The second kappa shape index (κ2) is 7.65. The normalized spacial score (nSPS) is 15.6. The van der Waals surface area contributed by atoms with Crippen LogP contribution in [0.25, 0.3) is 11.4 Å². The van der Waals surface area contributed by atoms with Gasteiger partial charge in [0.15, 0.2) is 5.82 Å². The molecule has 1 N–H and O–H groups in total. The van der Waals surface area contributed by atoms with Gasteiger partial charge in [-0.15, -0.1) is 0 Å².